The Morgan fingerprint density at radius 3 is 1.65 bits per heavy atom. The lowest BCUT2D eigenvalue weighted by molar-refractivity contribution is -0.870. The molecule has 10 heteroatoms. The lowest BCUT2D eigenvalue weighted by atomic mass is 10.1. The van der Waals surface area contributed by atoms with E-state index < -0.39 is 32.5 Å². The number of carbonyl (C=O) groups excluding carboxylic acids is 2. The van der Waals surface area contributed by atoms with E-state index in [1.54, 1.807) is 0 Å². The Bertz CT molecular complexity index is 1200. The van der Waals surface area contributed by atoms with Crippen molar-refractivity contribution in [3.05, 3.63) is 85.1 Å². The van der Waals surface area contributed by atoms with Gasteiger partial charge in [0, 0.05) is 12.8 Å². The Kier molecular flexibility index (Phi) is 34.0. The van der Waals surface area contributed by atoms with E-state index in [-0.39, 0.29) is 26.1 Å². The van der Waals surface area contributed by atoms with E-state index in [1.807, 2.05) is 33.3 Å². The average molecular weight is 776 g/mol. The molecule has 308 valence electrons. The molecule has 0 aromatic heterocycles. The van der Waals surface area contributed by atoms with Crippen LogP contribution in [0.5, 0.6) is 0 Å². The summed E-state index contributed by atoms with van der Waals surface area (Å²) in [5, 5.41) is 0. The number of unbranched alkanes of at least 4 members (excludes halogenated alkanes) is 7. The number of quaternary nitrogens is 1. The second-order valence-corrected chi connectivity index (χ2v) is 15.7. The lowest BCUT2D eigenvalue weighted by Gasteiger charge is -2.28. The zero-order valence-electron chi connectivity index (χ0n) is 34.4. The fraction of sp³-hybridized carbons (Fsp3) is 0.636. The molecular weight excluding hydrogens is 701 g/mol. The molecule has 0 aliphatic heterocycles. The molecule has 0 spiro atoms. The van der Waals surface area contributed by atoms with Crippen molar-refractivity contribution >= 4 is 19.8 Å². The van der Waals surface area contributed by atoms with E-state index in [2.05, 4.69) is 86.8 Å². The molecule has 2 unspecified atom stereocenters. The molecular formula is C44H74NO8P. The normalized spacial score (nSPS) is 14.6. The lowest BCUT2D eigenvalue weighted by Crippen LogP contribution is -2.37. The van der Waals surface area contributed by atoms with Crippen LogP contribution in [0.3, 0.4) is 0 Å². The number of phosphoric acid groups is 1. The summed E-state index contributed by atoms with van der Waals surface area (Å²) in [6, 6.07) is 0. The summed E-state index contributed by atoms with van der Waals surface area (Å²) in [6.45, 7) is 3.94. The Morgan fingerprint density at radius 2 is 1.09 bits per heavy atom. The van der Waals surface area contributed by atoms with Gasteiger partial charge in [-0.25, -0.2) is 0 Å². The van der Waals surface area contributed by atoms with Crippen LogP contribution < -0.4 is 4.89 Å². The van der Waals surface area contributed by atoms with Crippen molar-refractivity contribution in [2.45, 2.75) is 136 Å². The van der Waals surface area contributed by atoms with Gasteiger partial charge >= 0.3 is 11.9 Å². The van der Waals surface area contributed by atoms with Crippen LogP contribution in [0.2, 0.25) is 0 Å². The van der Waals surface area contributed by atoms with Crippen molar-refractivity contribution in [2.75, 3.05) is 47.5 Å². The van der Waals surface area contributed by atoms with Crippen LogP contribution in [-0.4, -0.2) is 70.0 Å². The SMILES string of the molecule is CC/C=C\C/C=C\C/C=C\C/C=C\C/C=C\C/C=C\CCC(=O)OC(COC(=O)CCCCCCC/C=C\CCCC)COP(=O)([O-])OCC[N+](C)(C)C. The summed E-state index contributed by atoms with van der Waals surface area (Å²) in [5.41, 5.74) is 0. The van der Waals surface area contributed by atoms with Crippen molar-refractivity contribution in [1.82, 2.24) is 0 Å². The molecule has 0 saturated heterocycles. The number of nitrogens with zero attached hydrogens (tertiary/aromatic N) is 1. The van der Waals surface area contributed by atoms with Crippen LogP contribution in [0, 0.1) is 0 Å². The predicted octanol–water partition coefficient (Wildman–Crippen LogP) is 10.6. The van der Waals surface area contributed by atoms with Gasteiger partial charge in [0.05, 0.1) is 27.7 Å². The molecule has 0 fully saturated rings. The molecule has 0 saturated carbocycles. The van der Waals surface area contributed by atoms with E-state index in [9.17, 15) is 19.0 Å². The first-order valence-corrected chi connectivity index (χ1v) is 21.8. The van der Waals surface area contributed by atoms with Crippen molar-refractivity contribution in [2.24, 2.45) is 0 Å². The number of carbonyl (C=O) groups is 2. The standard InChI is InChI=1S/C44H74NO8P/c1-6-8-10-12-14-16-18-19-20-21-22-23-24-25-27-29-31-33-35-37-44(47)53-42(41-52-54(48,49)51-39-38-45(3,4)5)40-50-43(46)36-34-32-30-28-26-17-15-13-11-9-7-2/h8,10,13-16,19-20,22-23,25,27,31,33,42H,6-7,9,11-12,17-18,21,24,26,28-30,32,34-41H2,1-5H3/b10-8-,15-13-,16-14-,20-19-,23-22-,27-25-,33-31-. The number of allylic oxidation sites excluding steroid dienone is 14. The maximum atomic E-state index is 12.6. The van der Waals surface area contributed by atoms with Gasteiger partial charge in [-0.2, -0.15) is 0 Å². The summed E-state index contributed by atoms with van der Waals surface area (Å²) in [5.74, 6) is -0.955. The molecule has 2 atom stereocenters. The number of ether oxygens (including phenoxy) is 2. The molecule has 0 aromatic carbocycles. The number of hydrogen-bond donors (Lipinski definition) is 0. The van der Waals surface area contributed by atoms with Crippen LogP contribution >= 0.6 is 7.82 Å². The highest BCUT2D eigenvalue weighted by Gasteiger charge is 2.21. The van der Waals surface area contributed by atoms with Gasteiger partial charge in [-0.1, -0.05) is 131 Å². The summed E-state index contributed by atoms with van der Waals surface area (Å²) in [4.78, 5) is 37.3. The Balaban J connectivity index is 4.56. The summed E-state index contributed by atoms with van der Waals surface area (Å²) < 4.78 is 33.7. The van der Waals surface area contributed by atoms with Gasteiger partial charge in [0.2, 0.25) is 0 Å². The second-order valence-electron chi connectivity index (χ2n) is 14.3. The third kappa shape index (κ3) is 38.9. The molecule has 0 radical (unpaired) electrons. The second kappa shape index (κ2) is 35.9. The minimum atomic E-state index is -4.65. The maximum Gasteiger partial charge on any atom is 0.306 e. The van der Waals surface area contributed by atoms with Gasteiger partial charge in [0.15, 0.2) is 6.10 Å². The van der Waals surface area contributed by atoms with Crippen molar-refractivity contribution in [3.63, 3.8) is 0 Å². The van der Waals surface area contributed by atoms with Crippen molar-refractivity contribution < 1.29 is 42.1 Å². The van der Waals surface area contributed by atoms with Gasteiger partial charge in [-0.05, 0) is 70.6 Å². The minimum absolute atomic E-state index is 0.0503. The largest absolute Gasteiger partial charge is 0.756 e. The predicted molar refractivity (Wildman–Crippen MR) is 222 cm³/mol. The van der Waals surface area contributed by atoms with Crippen LogP contribution in [0.4, 0.5) is 0 Å². The minimum Gasteiger partial charge on any atom is -0.756 e. The molecule has 0 rings (SSSR count). The topological polar surface area (TPSA) is 111 Å². The molecule has 54 heavy (non-hydrogen) atoms. The number of likely N-dealkylation sites (N-methyl/N-ethyl adjacent to an activating group) is 1. The Hall–Kier alpha value is -2.81. The average Bonchev–Trinajstić information content (AvgIpc) is 3.12. The van der Waals surface area contributed by atoms with Gasteiger partial charge in [0.1, 0.15) is 19.8 Å². The highest BCUT2D eigenvalue weighted by atomic mass is 31.2. The molecule has 9 nitrogen and oxygen atoms in total. The Labute approximate surface area is 329 Å². The summed E-state index contributed by atoms with van der Waals surface area (Å²) >= 11 is 0. The van der Waals surface area contributed by atoms with E-state index in [1.165, 1.54) is 12.8 Å². The number of esters is 2. The van der Waals surface area contributed by atoms with E-state index in [4.69, 9.17) is 18.5 Å². The maximum absolute atomic E-state index is 12.6. The Morgan fingerprint density at radius 1 is 0.593 bits per heavy atom. The molecule has 0 amide bonds. The smallest absolute Gasteiger partial charge is 0.306 e. The fourth-order valence-electron chi connectivity index (χ4n) is 4.72. The van der Waals surface area contributed by atoms with E-state index in [0.717, 1.165) is 77.0 Å². The van der Waals surface area contributed by atoms with Crippen molar-refractivity contribution in [1.29, 1.82) is 0 Å². The van der Waals surface area contributed by atoms with E-state index >= 15 is 0 Å². The zero-order chi connectivity index (χ0) is 40.0. The van der Waals surface area contributed by atoms with Crippen LogP contribution in [0.25, 0.3) is 0 Å². The number of rotatable bonds is 35. The first kappa shape index (κ1) is 51.2. The van der Waals surface area contributed by atoms with E-state index in [0.29, 0.717) is 23.9 Å². The first-order chi connectivity index (χ1) is 26.0. The van der Waals surface area contributed by atoms with Gasteiger partial charge < -0.3 is 27.9 Å². The molecule has 0 aliphatic carbocycles. The third-order valence-corrected chi connectivity index (χ3v) is 8.88. The first-order valence-electron chi connectivity index (χ1n) is 20.3. The van der Waals surface area contributed by atoms with Crippen LogP contribution in [0.1, 0.15) is 129 Å². The number of phosphoric ester groups is 1. The van der Waals surface area contributed by atoms with Gasteiger partial charge in [-0.15, -0.1) is 0 Å². The van der Waals surface area contributed by atoms with Gasteiger partial charge in [0.25, 0.3) is 7.82 Å². The quantitative estimate of drug-likeness (QED) is 0.0206. The molecule has 0 heterocycles. The number of hydrogen-bond acceptors (Lipinski definition) is 8. The monoisotopic (exact) mass is 776 g/mol. The molecule has 0 bridgehead atoms. The molecule has 0 N–H and O–H groups in total. The van der Waals surface area contributed by atoms with Crippen molar-refractivity contribution in [3.8, 4) is 0 Å². The summed E-state index contributed by atoms with van der Waals surface area (Å²) in [6.07, 6.45) is 44.9. The van der Waals surface area contributed by atoms with Gasteiger partial charge in [-0.3, -0.25) is 14.2 Å². The molecule has 0 aliphatic rings. The third-order valence-electron chi connectivity index (χ3n) is 7.91. The van der Waals surface area contributed by atoms with Crippen LogP contribution in [-0.2, 0) is 32.7 Å². The summed E-state index contributed by atoms with van der Waals surface area (Å²) in [7, 11) is 1.10. The van der Waals surface area contributed by atoms with Crippen LogP contribution in [0.15, 0.2) is 85.1 Å². The highest BCUT2D eigenvalue weighted by molar-refractivity contribution is 7.45. The fourth-order valence-corrected chi connectivity index (χ4v) is 5.45. The molecule has 0 aromatic rings. The zero-order valence-corrected chi connectivity index (χ0v) is 35.3. The highest BCUT2D eigenvalue weighted by Crippen LogP contribution is 2.38.